The molecule has 1 heterocycles. The first-order valence-electron chi connectivity index (χ1n) is 14.6. The Morgan fingerprint density at radius 3 is 2.22 bits per heavy atom. The van der Waals surface area contributed by atoms with Gasteiger partial charge in [-0.05, 0) is 42.4 Å². The molecule has 2 rings (SSSR count). The quantitative estimate of drug-likeness (QED) is 0.123. The number of thioether (sulfide) groups is 1. The highest BCUT2D eigenvalue weighted by molar-refractivity contribution is 7.98. The number of carboxylic acid groups (broad SMARTS) is 3. The molecule has 0 saturated carbocycles. The number of aromatic nitrogens is 2. The highest BCUT2D eigenvalue weighted by Crippen LogP contribution is 2.14. The average molecular weight is 646 g/mol. The molecule has 1 aromatic heterocycles. The van der Waals surface area contributed by atoms with E-state index in [0.717, 1.165) is 11.3 Å². The number of nitrogens with one attached hydrogen (secondary N) is 3. The van der Waals surface area contributed by atoms with Crippen LogP contribution >= 0.6 is 11.8 Å². The van der Waals surface area contributed by atoms with Gasteiger partial charge in [0.2, 0.25) is 11.8 Å². The Balaban J connectivity index is 2.14. The number of benzene rings is 1. The van der Waals surface area contributed by atoms with Crippen LogP contribution in [0, 0.1) is 11.8 Å². The lowest BCUT2D eigenvalue weighted by Crippen LogP contribution is -2.56. The number of rotatable bonds is 20. The van der Waals surface area contributed by atoms with Crippen molar-refractivity contribution in [1.82, 2.24) is 25.5 Å². The number of imidazole rings is 1. The lowest BCUT2D eigenvalue weighted by molar-refractivity contribution is -0.148. The maximum absolute atomic E-state index is 13.5. The largest absolute Gasteiger partial charge is 0.481 e. The Labute approximate surface area is 266 Å². The van der Waals surface area contributed by atoms with Gasteiger partial charge in [-0.15, -0.1) is 0 Å². The molecule has 2 amide bonds. The number of amides is 2. The molecule has 6 N–H and O–H groups in total. The third-order valence-electron chi connectivity index (χ3n) is 7.17. The third-order valence-corrected chi connectivity index (χ3v) is 7.82. The van der Waals surface area contributed by atoms with Crippen LogP contribution in [0.2, 0.25) is 0 Å². The van der Waals surface area contributed by atoms with Crippen LogP contribution in [0.15, 0.2) is 42.6 Å². The van der Waals surface area contributed by atoms with Crippen LogP contribution in [0.3, 0.4) is 0 Å². The van der Waals surface area contributed by atoms with Crippen LogP contribution in [0.5, 0.6) is 0 Å². The van der Waals surface area contributed by atoms with Gasteiger partial charge in [-0.25, -0.2) is 9.78 Å². The van der Waals surface area contributed by atoms with Crippen molar-refractivity contribution in [3.8, 4) is 0 Å². The summed E-state index contributed by atoms with van der Waals surface area (Å²) >= 11 is 1.47. The molecular weight excluding hydrogens is 602 g/mol. The standard InChI is InChI=1S/C31H43N5O8S/c1-19(2)27(33-18-22-17-32-25(36(22)3)12-8-11-21(30(41)42)16-26(37)38)29(40)35-24(15-20-9-6-5-7-10-20)28(39)34-23(31(43)44)13-14-45-4/h5-10,12,17,19,21,23-24,27,33H,11,13-16,18H2,1-4H3,(H,34,39)(H,35,40)(H,37,38)(H,41,42)(H,43,44)/b12-8+/t21-,23+,24+,27+/m1/s1. The predicted octanol–water partition coefficient (Wildman–Crippen LogP) is 2.16. The van der Waals surface area contributed by atoms with E-state index in [1.165, 1.54) is 11.8 Å². The molecule has 0 bridgehead atoms. The SMILES string of the molecule is CSCC[C@H](NC(=O)[C@H](Cc1ccccc1)NC(=O)[C@@H](NCc1cnc(/C=C/C[C@H](CC(=O)O)C(=O)O)n1C)C(C)C)C(=O)O. The summed E-state index contributed by atoms with van der Waals surface area (Å²) in [4.78, 5) is 65.2. The average Bonchev–Trinajstić information content (AvgIpc) is 3.32. The predicted molar refractivity (Wildman–Crippen MR) is 170 cm³/mol. The van der Waals surface area contributed by atoms with E-state index < -0.39 is 60.2 Å². The number of hydrogen-bond acceptors (Lipinski definition) is 8. The lowest BCUT2D eigenvalue weighted by atomic mass is 10.0. The van der Waals surface area contributed by atoms with E-state index in [-0.39, 0.29) is 31.7 Å². The van der Waals surface area contributed by atoms with Crippen LogP contribution in [0.25, 0.3) is 6.08 Å². The van der Waals surface area contributed by atoms with Gasteiger partial charge in [0, 0.05) is 20.0 Å². The Kier molecular flexibility index (Phi) is 15.3. The molecule has 45 heavy (non-hydrogen) atoms. The van der Waals surface area contributed by atoms with Gasteiger partial charge >= 0.3 is 17.9 Å². The fourth-order valence-corrected chi connectivity index (χ4v) is 5.00. The van der Waals surface area contributed by atoms with Crippen LogP contribution in [-0.2, 0) is 44.0 Å². The van der Waals surface area contributed by atoms with E-state index in [9.17, 15) is 34.2 Å². The molecule has 1 aromatic carbocycles. The second-order valence-electron chi connectivity index (χ2n) is 11.0. The molecule has 0 aliphatic rings. The third kappa shape index (κ3) is 12.4. The van der Waals surface area contributed by atoms with E-state index >= 15 is 0 Å². The second-order valence-corrected chi connectivity index (χ2v) is 12.0. The van der Waals surface area contributed by atoms with Crippen LogP contribution in [0.4, 0.5) is 0 Å². The van der Waals surface area contributed by atoms with E-state index in [2.05, 4.69) is 20.9 Å². The minimum absolute atomic E-state index is 0.0280. The first-order valence-corrected chi connectivity index (χ1v) is 15.9. The number of aliphatic carboxylic acids is 3. The summed E-state index contributed by atoms with van der Waals surface area (Å²) in [6, 6.07) is 6.34. The molecule has 14 heteroatoms. The van der Waals surface area contributed by atoms with Gasteiger partial charge in [0.15, 0.2) is 0 Å². The van der Waals surface area contributed by atoms with Crippen LogP contribution in [-0.4, -0.2) is 84.7 Å². The minimum atomic E-state index is -1.19. The number of hydrogen-bond donors (Lipinski definition) is 6. The summed E-state index contributed by atoms with van der Waals surface area (Å²) < 4.78 is 1.76. The zero-order chi connectivity index (χ0) is 33.5. The van der Waals surface area contributed by atoms with E-state index in [1.807, 2.05) is 50.4 Å². The van der Waals surface area contributed by atoms with Crippen molar-refractivity contribution in [3.63, 3.8) is 0 Å². The van der Waals surface area contributed by atoms with Crippen LogP contribution < -0.4 is 16.0 Å². The highest BCUT2D eigenvalue weighted by atomic mass is 32.2. The summed E-state index contributed by atoms with van der Waals surface area (Å²) in [5.41, 5.74) is 1.53. The number of carboxylic acids is 3. The summed E-state index contributed by atoms with van der Waals surface area (Å²) in [5.74, 6) is -4.68. The molecule has 2 aromatic rings. The Morgan fingerprint density at radius 2 is 1.64 bits per heavy atom. The highest BCUT2D eigenvalue weighted by Gasteiger charge is 2.30. The molecular formula is C31H43N5O8S. The number of carbonyl (C=O) groups excluding carboxylic acids is 2. The number of nitrogens with zero attached hydrogens (tertiary/aromatic N) is 2. The van der Waals surface area contributed by atoms with Gasteiger partial charge < -0.3 is 30.5 Å². The van der Waals surface area contributed by atoms with Gasteiger partial charge in [0.05, 0.1) is 30.3 Å². The van der Waals surface area contributed by atoms with Crippen molar-refractivity contribution >= 4 is 47.6 Å². The van der Waals surface area contributed by atoms with Gasteiger partial charge in [-0.1, -0.05) is 50.3 Å². The molecule has 246 valence electrons. The summed E-state index contributed by atoms with van der Waals surface area (Å²) in [6.45, 7) is 3.97. The summed E-state index contributed by atoms with van der Waals surface area (Å²) in [6.07, 6.45) is 6.60. The molecule has 0 aliphatic carbocycles. The van der Waals surface area contributed by atoms with Crippen molar-refractivity contribution in [1.29, 1.82) is 0 Å². The molecule has 0 aliphatic heterocycles. The Bertz CT molecular complexity index is 1330. The Morgan fingerprint density at radius 1 is 0.978 bits per heavy atom. The normalized spacial score (nSPS) is 14.1. The van der Waals surface area contributed by atoms with Crippen molar-refractivity contribution in [2.75, 3.05) is 12.0 Å². The first kappa shape index (κ1) is 37.0. The zero-order valence-electron chi connectivity index (χ0n) is 25.9. The van der Waals surface area contributed by atoms with E-state index in [4.69, 9.17) is 5.11 Å². The van der Waals surface area contributed by atoms with Gasteiger partial charge in [-0.3, -0.25) is 24.5 Å². The molecule has 4 atom stereocenters. The second kappa shape index (κ2) is 18.6. The Hall–Kier alpha value is -4.17. The lowest BCUT2D eigenvalue weighted by Gasteiger charge is -2.26. The molecule has 0 fully saturated rings. The summed E-state index contributed by atoms with van der Waals surface area (Å²) in [7, 11) is 1.76. The minimum Gasteiger partial charge on any atom is -0.481 e. The number of allylic oxidation sites excluding steroid dienone is 1. The topological polar surface area (TPSA) is 200 Å². The van der Waals surface area contributed by atoms with Crippen molar-refractivity contribution < 1.29 is 39.3 Å². The fourth-order valence-electron chi connectivity index (χ4n) is 4.53. The number of carbonyl (C=O) groups is 5. The van der Waals surface area contributed by atoms with Crippen molar-refractivity contribution in [3.05, 3.63) is 59.7 Å². The maximum Gasteiger partial charge on any atom is 0.326 e. The van der Waals surface area contributed by atoms with Crippen molar-refractivity contribution in [2.45, 2.75) is 64.2 Å². The molecule has 0 saturated heterocycles. The van der Waals surface area contributed by atoms with Gasteiger partial charge in [-0.2, -0.15) is 11.8 Å². The van der Waals surface area contributed by atoms with E-state index in [0.29, 0.717) is 11.6 Å². The van der Waals surface area contributed by atoms with Crippen molar-refractivity contribution in [2.24, 2.45) is 18.9 Å². The monoisotopic (exact) mass is 645 g/mol. The van der Waals surface area contributed by atoms with E-state index in [1.54, 1.807) is 30.0 Å². The summed E-state index contributed by atoms with van der Waals surface area (Å²) in [5, 5.41) is 36.4. The molecule has 0 spiro atoms. The maximum atomic E-state index is 13.5. The van der Waals surface area contributed by atoms with Gasteiger partial charge in [0.25, 0.3) is 0 Å². The fraction of sp³-hybridized carbons (Fsp3) is 0.484. The molecule has 0 radical (unpaired) electrons. The van der Waals surface area contributed by atoms with Gasteiger partial charge in [0.1, 0.15) is 17.9 Å². The van der Waals surface area contributed by atoms with Crippen LogP contribution in [0.1, 0.15) is 50.2 Å². The molecule has 0 unspecified atom stereocenters. The smallest absolute Gasteiger partial charge is 0.326 e. The first-order chi connectivity index (χ1) is 21.3. The molecule has 13 nitrogen and oxygen atoms in total. The zero-order valence-corrected chi connectivity index (χ0v) is 26.8.